The van der Waals surface area contributed by atoms with Gasteiger partial charge in [0.2, 0.25) is 0 Å². The van der Waals surface area contributed by atoms with E-state index in [0.29, 0.717) is 10.9 Å². The molecule has 1 aromatic heterocycles. The SMILES string of the molecule is CCC(=O)c1ccc(Br)cc1OS(C)(=O)=O.CCc1nn(-c2ccc(F)cc2)c2cc(Br)ccc12. The molecule has 0 N–H and O–H groups in total. The Morgan fingerprint density at radius 1 is 1.00 bits per heavy atom. The summed E-state index contributed by atoms with van der Waals surface area (Å²) in [5, 5.41) is 5.76. The minimum absolute atomic E-state index is 0.0590. The molecule has 0 atom stereocenters. The molecule has 0 unspecified atom stereocenters. The molecule has 0 aliphatic rings. The highest BCUT2D eigenvalue weighted by Gasteiger charge is 2.15. The van der Waals surface area contributed by atoms with Crippen molar-refractivity contribution in [3.05, 3.63) is 86.7 Å². The van der Waals surface area contributed by atoms with Crippen LogP contribution in [0.5, 0.6) is 5.75 Å². The average Bonchev–Trinajstić information content (AvgIpc) is 3.16. The lowest BCUT2D eigenvalue weighted by Crippen LogP contribution is -2.09. The third-order valence-corrected chi connectivity index (χ3v) is 6.40. The number of aryl methyl sites for hydroxylation is 1. The first-order valence-corrected chi connectivity index (χ1v) is 14.1. The van der Waals surface area contributed by atoms with E-state index in [1.807, 2.05) is 16.8 Å². The molecule has 10 heteroatoms. The van der Waals surface area contributed by atoms with Crippen LogP contribution in [0.2, 0.25) is 0 Å². The van der Waals surface area contributed by atoms with Gasteiger partial charge in [-0.15, -0.1) is 0 Å². The molecule has 1 heterocycles. The quantitative estimate of drug-likeness (QED) is 0.173. The molecule has 0 fully saturated rings. The van der Waals surface area contributed by atoms with Gasteiger partial charge in [0.25, 0.3) is 0 Å². The summed E-state index contributed by atoms with van der Waals surface area (Å²) in [4.78, 5) is 11.5. The Balaban J connectivity index is 0.000000199. The first-order chi connectivity index (χ1) is 16.5. The van der Waals surface area contributed by atoms with Crippen molar-refractivity contribution >= 4 is 58.7 Å². The fraction of sp³-hybridized carbons (Fsp3) is 0.200. The molecule has 0 radical (unpaired) electrons. The lowest BCUT2D eigenvalue weighted by Gasteiger charge is -2.08. The molecule has 4 rings (SSSR count). The first-order valence-electron chi connectivity index (χ1n) is 10.7. The van der Waals surface area contributed by atoms with Crippen LogP contribution >= 0.6 is 31.9 Å². The van der Waals surface area contributed by atoms with E-state index in [1.54, 1.807) is 25.1 Å². The highest BCUT2D eigenvalue weighted by molar-refractivity contribution is 9.10. The van der Waals surface area contributed by atoms with Crippen molar-refractivity contribution in [1.82, 2.24) is 9.78 Å². The van der Waals surface area contributed by atoms with Crippen LogP contribution in [0.25, 0.3) is 16.6 Å². The van der Waals surface area contributed by atoms with Crippen LogP contribution < -0.4 is 4.18 Å². The number of hydrogen-bond donors (Lipinski definition) is 0. The number of rotatable bonds is 6. The summed E-state index contributed by atoms with van der Waals surface area (Å²) in [7, 11) is -3.63. The second-order valence-electron chi connectivity index (χ2n) is 7.55. The molecular formula is C25H23Br2FN2O4S. The maximum atomic E-state index is 13.0. The molecule has 35 heavy (non-hydrogen) atoms. The Bertz CT molecular complexity index is 1470. The van der Waals surface area contributed by atoms with Crippen molar-refractivity contribution in [2.24, 2.45) is 0 Å². The number of benzene rings is 3. The van der Waals surface area contributed by atoms with E-state index in [1.165, 1.54) is 24.3 Å². The zero-order valence-electron chi connectivity index (χ0n) is 19.3. The van der Waals surface area contributed by atoms with Gasteiger partial charge in [-0.2, -0.15) is 13.5 Å². The van der Waals surface area contributed by atoms with E-state index in [0.717, 1.165) is 39.4 Å². The molecule has 6 nitrogen and oxygen atoms in total. The van der Waals surface area contributed by atoms with E-state index in [-0.39, 0.29) is 22.9 Å². The van der Waals surface area contributed by atoms with Gasteiger partial charge in [-0.05, 0) is 67.1 Å². The van der Waals surface area contributed by atoms with E-state index in [4.69, 9.17) is 4.18 Å². The third kappa shape index (κ3) is 6.99. The van der Waals surface area contributed by atoms with Gasteiger partial charge in [0.1, 0.15) is 5.82 Å². The smallest absolute Gasteiger partial charge is 0.306 e. The van der Waals surface area contributed by atoms with Crippen molar-refractivity contribution in [3.8, 4) is 11.4 Å². The van der Waals surface area contributed by atoms with Crippen molar-refractivity contribution < 1.29 is 21.8 Å². The zero-order valence-corrected chi connectivity index (χ0v) is 23.2. The predicted octanol–water partition coefficient (Wildman–Crippen LogP) is 6.87. The second-order valence-corrected chi connectivity index (χ2v) is 11.0. The number of carbonyl (C=O) groups excluding carboxylic acids is 1. The number of fused-ring (bicyclic) bond motifs is 1. The van der Waals surface area contributed by atoms with Gasteiger partial charge in [-0.25, -0.2) is 9.07 Å². The van der Waals surface area contributed by atoms with Crippen LogP contribution in [0.3, 0.4) is 0 Å². The molecular weight excluding hydrogens is 603 g/mol. The number of ketones is 1. The maximum absolute atomic E-state index is 13.0. The Hall–Kier alpha value is -2.56. The van der Waals surface area contributed by atoms with Gasteiger partial charge in [-0.1, -0.05) is 45.7 Å². The van der Waals surface area contributed by atoms with Crippen molar-refractivity contribution in [2.75, 3.05) is 6.26 Å². The summed E-state index contributed by atoms with van der Waals surface area (Å²) in [6.07, 6.45) is 2.10. The monoisotopic (exact) mass is 624 g/mol. The lowest BCUT2D eigenvalue weighted by molar-refractivity contribution is 0.0986. The van der Waals surface area contributed by atoms with E-state index < -0.39 is 10.1 Å². The predicted molar refractivity (Wildman–Crippen MR) is 142 cm³/mol. The van der Waals surface area contributed by atoms with Crippen molar-refractivity contribution in [2.45, 2.75) is 26.7 Å². The Labute approximate surface area is 220 Å². The van der Waals surface area contributed by atoms with Crippen LogP contribution in [0.4, 0.5) is 4.39 Å². The molecule has 0 amide bonds. The zero-order chi connectivity index (χ0) is 25.8. The van der Waals surface area contributed by atoms with Gasteiger partial charge < -0.3 is 4.18 Å². The summed E-state index contributed by atoms with van der Waals surface area (Å²) in [6, 6.07) is 17.1. The van der Waals surface area contributed by atoms with Gasteiger partial charge >= 0.3 is 10.1 Å². The normalized spacial score (nSPS) is 11.1. The number of carbonyl (C=O) groups is 1. The van der Waals surface area contributed by atoms with Gasteiger partial charge in [0, 0.05) is 20.8 Å². The minimum atomic E-state index is -3.63. The largest absolute Gasteiger partial charge is 0.382 e. The highest BCUT2D eigenvalue weighted by atomic mass is 79.9. The van der Waals surface area contributed by atoms with Crippen LogP contribution in [0.1, 0.15) is 36.3 Å². The fourth-order valence-electron chi connectivity index (χ4n) is 3.34. The number of hydrogen-bond acceptors (Lipinski definition) is 5. The van der Waals surface area contributed by atoms with E-state index >= 15 is 0 Å². The Morgan fingerprint density at radius 3 is 2.23 bits per heavy atom. The van der Waals surface area contributed by atoms with Gasteiger partial charge in [-0.3, -0.25) is 4.79 Å². The van der Waals surface area contributed by atoms with Crippen LogP contribution in [-0.2, 0) is 16.5 Å². The lowest BCUT2D eigenvalue weighted by atomic mass is 10.1. The number of aromatic nitrogens is 2. The number of nitrogens with zero attached hydrogens (tertiary/aromatic N) is 2. The van der Waals surface area contributed by atoms with Crippen molar-refractivity contribution in [3.63, 3.8) is 0 Å². The van der Waals surface area contributed by atoms with Crippen molar-refractivity contribution in [1.29, 1.82) is 0 Å². The summed E-state index contributed by atoms with van der Waals surface area (Å²) >= 11 is 6.67. The maximum Gasteiger partial charge on any atom is 0.306 e. The molecule has 0 bridgehead atoms. The molecule has 3 aromatic carbocycles. The van der Waals surface area contributed by atoms with E-state index in [2.05, 4.69) is 49.9 Å². The summed E-state index contributed by atoms with van der Waals surface area (Å²) in [6.45, 7) is 3.79. The molecule has 0 aliphatic heterocycles. The van der Waals surface area contributed by atoms with Gasteiger partial charge in [0.15, 0.2) is 11.5 Å². The second kappa shape index (κ2) is 11.5. The molecule has 0 spiro atoms. The Morgan fingerprint density at radius 2 is 1.63 bits per heavy atom. The molecule has 0 saturated heterocycles. The van der Waals surface area contributed by atoms with Crippen LogP contribution in [-0.4, -0.2) is 30.2 Å². The third-order valence-electron chi connectivity index (χ3n) is 4.93. The highest BCUT2D eigenvalue weighted by Crippen LogP contribution is 2.27. The minimum Gasteiger partial charge on any atom is -0.382 e. The molecule has 4 aromatic rings. The summed E-state index contributed by atoms with van der Waals surface area (Å²) in [5.41, 5.74) is 3.21. The average molecular weight is 626 g/mol. The topological polar surface area (TPSA) is 78.3 Å². The van der Waals surface area contributed by atoms with Gasteiger partial charge in [0.05, 0.1) is 28.7 Å². The summed E-state index contributed by atoms with van der Waals surface area (Å²) in [5.74, 6) is -0.341. The number of halogens is 3. The van der Waals surface area contributed by atoms with E-state index in [9.17, 15) is 17.6 Å². The van der Waals surface area contributed by atoms with Crippen LogP contribution in [0.15, 0.2) is 69.6 Å². The standard InChI is InChI=1S/C15H12BrFN2.C10H11BrO4S/c1-2-14-13-8-3-10(16)9-15(13)19(18-14)12-6-4-11(17)5-7-12;1-3-9(12)8-5-4-7(11)6-10(8)15-16(2,13)14/h3-9H,2H2,1H3;4-6H,3H2,1-2H3. The fourth-order valence-corrected chi connectivity index (χ4v) is 4.49. The molecule has 0 aliphatic carbocycles. The number of Topliss-reactive ketones (excluding diaryl/α,β-unsaturated/α-hetero) is 1. The Kier molecular flexibility index (Phi) is 8.84. The molecule has 0 saturated carbocycles. The first kappa shape index (κ1) is 27.0. The van der Waals surface area contributed by atoms with Crippen LogP contribution in [0, 0.1) is 5.82 Å². The molecule has 184 valence electrons. The summed E-state index contributed by atoms with van der Waals surface area (Å²) < 4.78 is 43.3.